The fraction of sp³-hybridized carbons (Fsp3) is 0.350. The summed E-state index contributed by atoms with van der Waals surface area (Å²) in [6.07, 6.45) is 1.04. The van der Waals surface area contributed by atoms with Gasteiger partial charge in [-0.3, -0.25) is 9.59 Å². The van der Waals surface area contributed by atoms with Crippen LogP contribution in [0.15, 0.2) is 40.8 Å². The van der Waals surface area contributed by atoms with E-state index in [4.69, 9.17) is 9.15 Å². The van der Waals surface area contributed by atoms with Crippen LogP contribution < -0.4 is 4.90 Å². The first-order valence-corrected chi connectivity index (χ1v) is 8.74. The van der Waals surface area contributed by atoms with E-state index in [1.807, 2.05) is 24.3 Å². The molecule has 1 unspecified atom stereocenters. The van der Waals surface area contributed by atoms with E-state index in [2.05, 4.69) is 11.7 Å². The average Bonchev–Trinajstić information content (AvgIpc) is 3.32. The monoisotopic (exact) mass is 371 g/mol. The van der Waals surface area contributed by atoms with E-state index in [1.165, 1.54) is 18.7 Å². The summed E-state index contributed by atoms with van der Waals surface area (Å²) >= 11 is 0. The Morgan fingerprint density at radius 3 is 2.59 bits per heavy atom. The molecule has 27 heavy (non-hydrogen) atoms. The van der Waals surface area contributed by atoms with Crippen molar-refractivity contribution in [3.8, 4) is 0 Å². The Hall–Kier alpha value is -3.09. The molecule has 142 valence electrons. The number of amides is 1. The lowest BCUT2D eigenvalue weighted by molar-refractivity contribution is -0.150. The summed E-state index contributed by atoms with van der Waals surface area (Å²) in [6, 6.07) is 10.7. The van der Waals surface area contributed by atoms with Gasteiger partial charge in [0.2, 0.25) is 11.7 Å². The molecule has 0 saturated carbocycles. The first-order valence-electron chi connectivity index (χ1n) is 8.74. The minimum atomic E-state index is -0.598. The van der Waals surface area contributed by atoms with Crippen molar-refractivity contribution in [2.45, 2.75) is 26.4 Å². The predicted octanol–water partition coefficient (Wildman–Crippen LogP) is 2.72. The van der Waals surface area contributed by atoms with E-state index in [1.54, 1.807) is 11.0 Å². The number of rotatable bonds is 6. The predicted molar refractivity (Wildman–Crippen MR) is 96.1 cm³/mol. The van der Waals surface area contributed by atoms with Gasteiger partial charge in [0.15, 0.2) is 0 Å². The van der Waals surface area contributed by atoms with E-state index in [0.29, 0.717) is 5.76 Å². The van der Waals surface area contributed by atoms with Crippen molar-refractivity contribution in [1.29, 1.82) is 0 Å². The summed E-state index contributed by atoms with van der Waals surface area (Å²) in [5.74, 6) is -1.32. The number of aryl methyl sites for hydroxylation is 1. The number of hydrogen-bond donors (Lipinski definition) is 0. The highest BCUT2D eigenvalue weighted by molar-refractivity contribution is 5.99. The van der Waals surface area contributed by atoms with Crippen LogP contribution in [-0.2, 0) is 32.1 Å². The Labute approximate surface area is 156 Å². The zero-order chi connectivity index (χ0) is 19.4. The third-order valence-electron chi connectivity index (χ3n) is 4.52. The number of ether oxygens (including phenoxy) is 2. The van der Waals surface area contributed by atoms with Crippen molar-refractivity contribution >= 4 is 23.5 Å². The molecule has 7 heteroatoms. The summed E-state index contributed by atoms with van der Waals surface area (Å²) in [7, 11) is 1.25. The normalized spacial score (nSPS) is 16.4. The molecule has 1 atom stereocenters. The highest BCUT2D eigenvalue weighted by atomic mass is 16.6. The second-order valence-electron chi connectivity index (χ2n) is 6.29. The maximum Gasteiger partial charge on any atom is 0.373 e. The summed E-state index contributed by atoms with van der Waals surface area (Å²) in [4.78, 5) is 37.5. The lowest BCUT2D eigenvalue weighted by Crippen LogP contribution is -2.26. The van der Waals surface area contributed by atoms with Crippen molar-refractivity contribution in [1.82, 2.24) is 0 Å². The minimum Gasteiger partial charge on any atom is -0.463 e. The van der Waals surface area contributed by atoms with Crippen molar-refractivity contribution in [2.75, 3.05) is 18.6 Å². The number of benzene rings is 1. The SMILES string of the molecule is CCc1ccc(N2CC(C(=O)OCc3ccc(C(=O)OC)o3)CC2=O)cc1. The molecule has 1 aromatic heterocycles. The quantitative estimate of drug-likeness (QED) is 0.726. The van der Waals surface area contributed by atoms with Gasteiger partial charge in [-0.2, -0.15) is 0 Å². The largest absolute Gasteiger partial charge is 0.463 e. The van der Waals surface area contributed by atoms with Gasteiger partial charge in [-0.15, -0.1) is 0 Å². The molecule has 2 aromatic rings. The first kappa shape index (κ1) is 18.7. The van der Waals surface area contributed by atoms with Gasteiger partial charge in [-0.05, 0) is 36.2 Å². The molecule has 0 aliphatic carbocycles. The lowest BCUT2D eigenvalue weighted by Gasteiger charge is -2.16. The van der Waals surface area contributed by atoms with Gasteiger partial charge >= 0.3 is 11.9 Å². The molecule has 1 aromatic carbocycles. The number of carbonyl (C=O) groups excluding carboxylic acids is 3. The minimum absolute atomic E-state index is 0.0429. The third-order valence-corrected chi connectivity index (χ3v) is 4.52. The van der Waals surface area contributed by atoms with E-state index >= 15 is 0 Å². The van der Waals surface area contributed by atoms with Crippen LogP contribution in [0.1, 0.15) is 35.2 Å². The van der Waals surface area contributed by atoms with Crippen LogP contribution in [0.4, 0.5) is 5.69 Å². The van der Waals surface area contributed by atoms with Crippen molar-refractivity contribution in [3.05, 3.63) is 53.5 Å². The van der Waals surface area contributed by atoms with Crippen LogP contribution in [0.3, 0.4) is 0 Å². The first-order chi connectivity index (χ1) is 13.0. The maximum atomic E-state index is 12.3. The van der Waals surface area contributed by atoms with Crippen molar-refractivity contribution in [2.24, 2.45) is 5.92 Å². The molecule has 1 fully saturated rings. The third kappa shape index (κ3) is 4.19. The Kier molecular flexibility index (Phi) is 5.59. The topological polar surface area (TPSA) is 86.1 Å². The Morgan fingerprint density at radius 1 is 1.19 bits per heavy atom. The summed E-state index contributed by atoms with van der Waals surface area (Å²) in [6.45, 7) is 2.25. The molecular weight excluding hydrogens is 350 g/mol. The number of hydrogen-bond acceptors (Lipinski definition) is 6. The van der Waals surface area contributed by atoms with Crippen LogP contribution in [-0.4, -0.2) is 31.5 Å². The number of carbonyl (C=O) groups is 3. The standard InChI is InChI=1S/C20H21NO6/c1-3-13-4-6-15(7-5-13)21-11-14(10-18(21)22)19(23)26-12-16-8-9-17(27-16)20(24)25-2/h4-9,14H,3,10-12H2,1-2H3. The van der Waals surface area contributed by atoms with Crippen LogP contribution >= 0.6 is 0 Å². The molecule has 1 saturated heterocycles. The van der Waals surface area contributed by atoms with Gasteiger partial charge in [0, 0.05) is 18.7 Å². The molecule has 3 rings (SSSR count). The Balaban J connectivity index is 1.57. The highest BCUT2D eigenvalue weighted by Gasteiger charge is 2.36. The number of methoxy groups -OCH3 is 1. The van der Waals surface area contributed by atoms with Crippen molar-refractivity contribution < 1.29 is 28.3 Å². The maximum absolute atomic E-state index is 12.3. The van der Waals surface area contributed by atoms with Gasteiger partial charge in [-0.25, -0.2) is 4.79 Å². The molecule has 0 radical (unpaired) electrons. The van der Waals surface area contributed by atoms with Crippen LogP contribution in [0, 0.1) is 5.92 Å². The van der Waals surface area contributed by atoms with Gasteiger partial charge in [0.25, 0.3) is 0 Å². The van der Waals surface area contributed by atoms with Crippen LogP contribution in [0.5, 0.6) is 0 Å². The molecule has 0 bridgehead atoms. The van der Waals surface area contributed by atoms with E-state index in [0.717, 1.165) is 12.1 Å². The molecule has 0 spiro atoms. The smallest absolute Gasteiger partial charge is 0.373 e. The fourth-order valence-electron chi connectivity index (χ4n) is 2.95. The molecule has 1 amide bonds. The van der Waals surface area contributed by atoms with E-state index in [9.17, 15) is 14.4 Å². The second-order valence-corrected chi connectivity index (χ2v) is 6.29. The zero-order valence-electron chi connectivity index (χ0n) is 15.3. The fourth-order valence-corrected chi connectivity index (χ4v) is 2.95. The van der Waals surface area contributed by atoms with Crippen LogP contribution in [0.25, 0.3) is 0 Å². The van der Waals surface area contributed by atoms with Gasteiger partial charge in [-0.1, -0.05) is 19.1 Å². The number of nitrogens with zero attached hydrogens (tertiary/aromatic N) is 1. The Bertz CT molecular complexity index is 838. The summed E-state index contributed by atoms with van der Waals surface area (Å²) in [5, 5.41) is 0. The second kappa shape index (κ2) is 8.07. The lowest BCUT2D eigenvalue weighted by atomic mass is 10.1. The van der Waals surface area contributed by atoms with Crippen molar-refractivity contribution in [3.63, 3.8) is 0 Å². The average molecular weight is 371 g/mol. The van der Waals surface area contributed by atoms with Crippen LogP contribution in [0.2, 0.25) is 0 Å². The van der Waals surface area contributed by atoms with Gasteiger partial charge in [0.05, 0.1) is 13.0 Å². The summed E-state index contributed by atoms with van der Waals surface area (Å²) < 4.78 is 15.1. The van der Waals surface area contributed by atoms with Gasteiger partial charge < -0.3 is 18.8 Å². The molecule has 1 aliphatic rings. The number of anilines is 1. The van der Waals surface area contributed by atoms with E-state index < -0.39 is 17.9 Å². The molecular formula is C20H21NO6. The number of esters is 2. The van der Waals surface area contributed by atoms with E-state index in [-0.39, 0.29) is 31.2 Å². The molecule has 0 N–H and O–H groups in total. The molecule has 2 heterocycles. The highest BCUT2D eigenvalue weighted by Crippen LogP contribution is 2.26. The zero-order valence-corrected chi connectivity index (χ0v) is 15.3. The van der Waals surface area contributed by atoms with Gasteiger partial charge in [0.1, 0.15) is 12.4 Å². The molecule has 1 aliphatic heterocycles. The summed E-state index contributed by atoms with van der Waals surface area (Å²) in [5.41, 5.74) is 1.97. The molecule has 7 nitrogen and oxygen atoms in total. The Morgan fingerprint density at radius 2 is 1.93 bits per heavy atom. The number of furan rings is 1.